The second-order valence-corrected chi connectivity index (χ2v) is 7.40. The molecule has 3 aromatic rings. The summed E-state index contributed by atoms with van der Waals surface area (Å²) in [5.74, 6) is 1.23. The van der Waals surface area contributed by atoms with Crippen LogP contribution in [0.25, 0.3) is 10.9 Å². The van der Waals surface area contributed by atoms with Gasteiger partial charge in [0.05, 0.1) is 18.1 Å². The predicted octanol–water partition coefficient (Wildman–Crippen LogP) is 1.87. The maximum Gasteiger partial charge on any atom is 0.239 e. The molecule has 0 spiro atoms. The van der Waals surface area contributed by atoms with Crippen LogP contribution in [0.4, 0.5) is 22.1 Å². The van der Waals surface area contributed by atoms with Gasteiger partial charge in [0.25, 0.3) is 0 Å². The average Bonchev–Trinajstić information content (AvgIpc) is 2.67. The minimum absolute atomic E-state index is 0.0781. The van der Waals surface area contributed by atoms with Gasteiger partial charge >= 0.3 is 0 Å². The van der Waals surface area contributed by atoms with E-state index in [9.17, 15) is 9.18 Å². The highest BCUT2D eigenvalue weighted by Gasteiger charge is 2.24. The molecule has 1 atom stereocenters. The number of pyridine rings is 1. The van der Waals surface area contributed by atoms with Crippen molar-refractivity contribution in [2.45, 2.75) is 26.8 Å². The predicted molar refractivity (Wildman–Crippen MR) is 113 cm³/mol. The summed E-state index contributed by atoms with van der Waals surface area (Å²) in [6.45, 7) is 6.71. The third-order valence-corrected chi connectivity index (χ3v) is 5.02. The molecular weight excluding hydrogens is 387 g/mol. The number of aryl methyl sites for hydroxylation is 2. The Morgan fingerprint density at radius 1 is 1.20 bits per heavy atom. The van der Waals surface area contributed by atoms with E-state index in [0.29, 0.717) is 41.8 Å². The van der Waals surface area contributed by atoms with Crippen LogP contribution in [-0.4, -0.2) is 45.5 Å². The summed E-state index contributed by atoms with van der Waals surface area (Å²) in [6, 6.07) is 4.90. The van der Waals surface area contributed by atoms with Crippen LogP contribution in [0.5, 0.6) is 0 Å². The summed E-state index contributed by atoms with van der Waals surface area (Å²) in [5, 5.41) is 6.86. The van der Waals surface area contributed by atoms with Gasteiger partial charge < -0.3 is 21.3 Å². The molecule has 4 N–H and O–H groups in total. The fraction of sp³-hybridized carbons (Fsp3) is 0.350. The fourth-order valence-electron chi connectivity index (χ4n) is 3.55. The SMILES string of the molecule is Cc1nc(N)nc(NC(C)c2cc3cc(C)c(F)cc3nc2N2CCNC(=O)C2)n1. The molecule has 10 heteroatoms. The first-order chi connectivity index (χ1) is 14.3. The Balaban J connectivity index is 1.79. The van der Waals surface area contributed by atoms with Gasteiger partial charge in [0, 0.05) is 30.1 Å². The molecule has 0 aliphatic carbocycles. The molecular formula is C20H23FN8O. The maximum atomic E-state index is 14.1. The molecule has 0 bridgehead atoms. The summed E-state index contributed by atoms with van der Waals surface area (Å²) < 4.78 is 14.1. The van der Waals surface area contributed by atoms with E-state index in [4.69, 9.17) is 10.7 Å². The quantitative estimate of drug-likeness (QED) is 0.596. The highest BCUT2D eigenvalue weighted by Crippen LogP contribution is 2.31. The molecule has 1 amide bonds. The highest BCUT2D eigenvalue weighted by atomic mass is 19.1. The number of hydrogen-bond donors (Lipinski definition) is 3. The Kier molecular flexibility index (Phi) is 5.06. The smallest absolute Gasteiger partial charge is 0.239 e. The van der Waals surface area contributed by atoms with Gasteiger partial charge in [0.1, 0.15) is 17.5 Å². The number of piperazine rings is 1. The van der Waals surface area contributed by atoms with Gasteiger partial charge in [-0.15, -0.1) is 0 Å². The van der Waals surface area contributed by atoms with E-state index in [1.165, 1.54) is 6.07 Å². The van der Waals surface area contributed by atoms with E-state index in [-0.39, 0.29) is 30.3 Å². The summed E-state index contributed by atoms with van der Waals surface area (Å²) in [4.78, 5) is 31.0. The van der Waals surface area contributed by atoms with Crippen LogP contribution in [-0.2, 0) is 4.79 Å². The lowest BCUT2D eigenvalue weighted by Gasteiger charge is -2.31. The Bertz CT molecular complexity index is 1120. The van der Waals surface area contributed by atoms with E-state index >= 15 is 0 Å². The lowest BCUT2D eigenvalue weighted by atomic mass is 10.0. The van der Waals surface area contributed by atoms with Gasteiger partial charge in [0.15, 0.2) is 0 Å². The molecule has 1 unspecified atom stereocenters. The number of halogens is 1. The molecule has 0 radical (unpaired) electrons. The van der Waals surface area contributed by atoms with Crippen LogP contribution in [0.3, 0.4) is 0 Å². The number of carbonyl (C=O) groups is 1. The number of fused-ring (bicyclic) bond motifs is 1. The van der Waals surface area contributed by atoms with Crippen molar-refractivity contribution in [2.24, 2.45) is 0 Å². The van der Waals surface area contributed by atoms with Crippen molar-refractivity contribution < 1.29 is 9.18 Å². The second-order valence-electron chi connectivity index (χ2n) is 7.40. The van der Waals surface area contributed by atoms with Crippen molar-refractivity contribution in [1.82, 2.24) is 25.3 Å². The Hall–Kier alpha value is -3.56. The van der Waals surface area contributed by atoms with Gasteiger partial charge in [-0.05, 0) is 38.5 Å². The van der Waals surface area contributed by atoms with Gasteiger partial charge in [-0.3, -0.25) is 4.79 Å². The van der Waals surface area contributed by atoms with E-state index in [1.54, 1.807) is 19.9 Å². The number of amides is 1. The average molecular weight is 410 g/mol. The molecule has 4 rings (SSSR count). The zero-order valence-electron chi connectivity index (χ0n) is 17.0. The first kappa shape index (κ1) is 19.7. The summed E-state index contributed by atoms with van der Waals surface area (Å²) >= 11 is 0. The van der Waals surface area contributed by atoms with Gasteiger partial charge in [-0.2, -0.15) is 15.0 Å². The largest absolute Gasteiger partial charge is 0.368 e. The Morgan fingerprint density at radius 2 is 2.00 bits per heavy atom. The number of anilines is 3. The van der Waals surface area contributed by atoms with E-state index in [0.717, 1.165) is 10.9 Å². The molecule has 1 fully saturated rings. The molecule has 30 heavy (non-hydrogen) atoms. The second kappa shape index (κ2) is 7.69. The van der Waals surface area contributed by atoms with Gasteiger partial charge in [-0.25, -0.2) is 9.37 Å². The first-order valence-electron chi connectivity index (χ1n) is 9.67. The van der Waals surface area contributed by atoms with Crippen molar-refractivity contribution in [1.29, 1.82) is 0 Å². The van der Waals surface area contributed by atoms with Crippen molar-refractivity contribution in [2.75, 3.05) is 35.6 Å². The molecule has 2 aromatic heterocycles. The molecule has 1 aliphatic rings. The summed E-state index contributed by atoms with van der Waals surface area (Å²) in [6.07, 6.45) is 0. The fourth-order valence-corrected chi connectivity index (χ4v) is 3.55. The lowest BCUT2D eigenvalue weighted by molar-refractivity contribution is -0.120. The van der Waals surface area contributed by atoms with Crippen molar-refractivity contribution in [3.05, 3.63) is 41.0 Å². The highest BCUT2D eigenvalue weighted by molar-refractivity contribution is 5.86. The van der Waals surface area contributed by atoms with E-state index in [2.05, 4.69) is 25.6 Å². The van der Waals surface area contributed by atoms with E-state index < -0.39 is 0 Å². The van der Waals surface area contributed by atoms with Crippen molar-refractivity contribution in [3.8, 4) is 0 Å². The van der Waals surface area contributed by atoms with Crippen LogP contribution >= 0.6 is 0 Å². The summed E-state index contributed by atoms with van der Waals surface area (Å²) in [5.41, 5.74) is 7.67. The molecule has 0 saturated carbocycles. The molecule has 9 nitrogen and oxygen atoms in total. The number of nitrogens with two attached hydrogens (primary N) is 1. The van der Waals surface area contributed by atoms with Crippen LogP contribution in [0, 0.1) is 19.7 Å². The van der Waals surface area contributed by atoms with Crippen molar-refractivity contribution >= 4 is 34.5 Å². The van der Waals surface area contributed by atoms with E-state index in [1.807, 2.05) is 17.9 Å². The third-order valence-electron chi connectivity index (χ3n) is 5.02. The Labute approximate surface area is 172 Å². The van der Waals surface area contributed by atoms with Gasteiger partial charge in [0.2, 0.25) is 17.8 Å². The Morgan fingerprint density at radius 3 is 2.73 bits per heavy atom. The molecule has 1 aromatic carbocycles. The number of benzene rings is 1. The zero-order chi connectivity index (χ0) is 21.4. The van der Waals surface area contributed by atoms with Gasteiger partial charge in [-0.1, -0.05) is 0 Å². The minimum atomic E-state index is -0.313. The van der Waals surface area contributed by atoms with Crippen molar-refractivity contribution in [3.63, 3.8) is 0 Å². The number of carbonyl (C=O) groups excluding carboxylic acids is 1. The number of hydrogen-bond acceptors (Lipinski definition) is 8. The number of rotatable bonds is 4. The molecule has 1 saturated heterocycles. The monoisotopic (exact) mass is 410 g/mol. The minimum Gasteiger partial charge on any atom is -0.368 e. The van der Waals surface area contributed by atoms with Crippen LogP contribution in [0.1, 0.15) is 29.9 Å². The van der Waals surface area contributed by atoms with Crippen LogP contribution in [0.15, 0.2) is 18.2 Å². The molecule has 156 valence electrons. The third kappa shape index (κ3) is 3.93. The number of aromatic nitrogens is 4. The number of nitrogen functional groups attached to an aromatic ring is 1. The topological polar surface area (TPSA) is 122 Å². The van der Waals surface area contributed by atoms with Crippen LogP contribution in [0.2, 0.25) is 0 Å². The number of nitrogens with one attached hydrogen (secondary N) is 2. The zero-order valence-corrected chi connectivity index (χ0v) is 17.0. The lowest BCUT2D eigenvalue weighted by Crippen LogP contribution is -2.48. The normalized spacial score (nSPS) is 15.2. The molecule has 3 heterocycles. The first-order valence-corrected chi connectivity index (χ1v) is 9.67. The molecule has 1 aliphatic heterocycles. The standard InChI is InChI=1S/C20H23FN8O/c1-10-6-13-7-14(11(2)24-20-26-12(3)25-19(22)28-20)18(27-16(13)8-15(10)21)29-5-4-23-17(30)9-29/h6-8,11H,4-5,9H2,1-3H3,(H,23,30)(H3,22,24,25,26,28). The summed E-state index contributed by atoms with van der Waals surface area (Å²) in [7, 11) is 0. The number of nitrogens with zero attached hydrogens (tertiary/aromatic N) is 5. The maximum absolute atomic E-state index is 14.1. The van der Waals surface area contributed by atoms with Crippen LogP contribution < -0.4 is 21.3 Å².